The Kier molecular flexibility index (Phi) is 5.05. The van der Waals surface area contributed by atoms with Crippen molar-refractivity contribution < 1.29 is 28.6 Å². The molecule has 0 radical (unpaired) electrons. The molecule has 0 amide bonds. The summed E-state index contributed by atoms with van der Waals surface area (Å²) >= 11 is 5.97. The van der Waals surface area contributed by atoms with E-state index in [2.05, 4.69) is 52.9 Å². The number of nitrogens with zero attached hydrogens (tertiary/aromatic N) is 2. The monoisotopic (exact) mass is 398 g/mol. The van der Waals surface area contributed by atoms with Gasteiger partial charge < -0.3 is 24.0 Å². The molecular weight excluding hydrogens is 383 g/mol. The topological polar surface area (TPSA) is 6.25 Å². The molecule has 2 aromatic rings. The number of para-hydroxylation sites is 1. The van der Waals surface area contributed by atoms with Gasteiger partial charge in [-0.15, -0.1) is 0 Å². The first-order valence-electron chi connectivity index (χ1n) is 6.42. The van der Waals surface area contributed by atoms with Crippen molar-refractivity contribution >= 4 is 23.1 Å². The van der Waals surface area contributed by atoms with Crippen LogP contribution in [0.25, 0.3) is 0 Å². The van der Waals surface area contributed by atoms with E-state index in [1.165, 1.54) is 17.1 Å². The van der Waals surface area contributed by atoms with Gasteiger partial charge in [-0.25, -0.2) is 4.90 Å². The number of rotatable bonds is 2. The van der Waals surface area contributed by atoms with E-state index in [-0.39, 0.29) is 24.0 Å². The second kappa shape index (κ2) is 6.59. The standard InChI is InChI=1S/C16H16ClN2.HI/c1-18-11-12-19(15-5-3-2-4-6-15)16(18)13-7-9-14(17)10-8-13;/h2-10H,11-12H2,1H3;1H/q+1;/p-1. The Morgan fingerprint density at radius 2 is 1.65 bits per heavy atom. The fraction of sp³-hybridized carbons (Fsp3) is 0.188. The van der Waals surface area contributed by atoms with Crippen molar-refractivity contribution in [2.24, 2.45) is 0 Å². The SMILES string of the molecule is C[N+]1=C(c2ccc(Cl)cc2)N(c2ccccc2)CC1.[I-]. The minimum absolute atomic E-state index is 0. The molecular formula is C16H16ClIN2. The Labute approximate surface area is 141 Å². The number of anilines is 1. The number of hydrogen-bond acceptors (Lipinski definition) is 1. The maximum atomic E-state index is 5.97. The zero-order valence-electron chi connectivity index (χ0n) is 11.3. The van der Waals surface area contributed by atoms with E-state index in [1.807, 2.05) is 18.2 Å². The summed E-state index contributed by atoms with van der Waals surface area (Å²) in [6.45, 7) is 2.05. The van der Waals surface area contributed by atoms with E-state index in [0.717, 1.165) is 18.1 Å². The van der Waals surface area contributed by atoms with Crippen molar-refractivity contribution in [3.05, 3.63) is 65.2 Å². The van der Waals surface area contributed by atoms with Crippen LogP contribution in [-0.4, -0.2) is 30.5 Å². The Morgan fingerprint density at radius 1 is 1.00 bits per heavy atom. The van der Waals surface area contributed by atoms with Gasteiger partial charge in [0.15, 0.2) is 0 Å². The van der Waals surface area contributed by atoms with Gasteiger partial charge in [0.25, 0.3) is 5.84 Å². The van der Waals surface area contributed by atoms with Gasteiger partial charge >= 0.3 is 0 Å². The van der Waals surface area contributed by atoms with E-state index in [1.54, 1.807) is 0 Å². The first kappa shape index (κ1) is 15.3. The maximum Gasteiger partial charge on any atom is 0.284 e. The average Bonchev–Trinajstić information content (AvgIpc) is 2.83. The van der Waals surface area contributed by atoms with Crippen LogP contribution in [0.4, 0.5) is 5.69 Å². The van der Waals surface area contributed by atoms with Gasteiger partial charge in [0, 0.05) is 5.02 Å². The number of hydrogen-bond donors (Lipinski definition) is 0. The predicted octanol–water partition coefficient (Wildman–Crippen LogP) is 0.253. The van der Waals surface area contributed by atoms with Crippen LogP contribution in [0.3, 0.4) is 0 Å². The fourth-order valence-corrected chi connectivity index (χ4v) is 2.63. The highest BCUT2D eigenvalue weighted by Gasteiger charge is 2.31. The molecule has 0 aromatic heterocycles. The summed E-state index contributed by atoms with van der Waals surface area (Å²) in [6.07, 6.45) is 0. The lowest BCUT2D eigenvalue weighted by Gasteiger charge is -2.13. The summed E-state index contributed by atoms with van der Waals surface area (Å²) in [5, 5.41) is 0.774. The van der Waals surface area contributed by atoms with Crippen LogP contribution in [0.15, 0.2) is 54.6 Å². The van der Waals surface area contributed by atoms with Crippen LogP contribution in [0, 0.1) is 0 Å². The summed E-state index contributed by atoms with van der Waals surface area (Å²) in [5.41, 5.74) is 2.44. The molecule has 20 heavy (non-hydrogen) atoms. The van der Waals surface area contributed by atoms with Crippen LogP contribution >= 0.6 is 11.6 Å². The molecule has 0 bridgehead atoms. The van der Waals surface area contributed by atoms with Gasteiger partial charge in [0.2, 0.25) is 0 Å². The number of halogens is 2. The first-order chi connectivity index (χ1) is 9.25. The van der Waals surface area contributed by atoms with Crippen molar-refractivity contribution in [2.75, 3.05) is 25.0 Å². The van der Waals surface area contributed by atoms with E-state index >= 15 is 0 Å². The van der Waals surface area contributed by atoms with Crippen LogP contribution in [0.2, 0.25) is 5.02 Å². The minimum Gasteiger partial charge on any atom is -1.00 e. The van der Waals surface area contributed by atoms with E-state index < -0.39 is 0 Å². The molecule has 2 nitrogen and oxygen atoms in total. The average molecular weight is 399 g/mol. The lowest BCUT2D eigenvalue weighted by molar-refractivity contribution is -0.485. The predicted molar refractivity (Wildman–Crippen MR) is 80.4 cm³/mol. The van der Waals surface area contributed by atoms with Crippen molar-refractivity contribution in [3.8, 4) is 0 Å². The van der Waals surface area contributed by atoms with Gasteiger partial charge in [0.1, 0.15) is 18.8 Å². The van der Waals surface area contributed by atoms with Crippen molar-refractivity contribution in [3.63, 3.8) is 0 Å². The molecule has 1 heterocycles. The smallest absolute Gasteiger partial charge is 0.284 e. The summed E-state index contributed by atoms with van der Waals surface area (Å²) in [7, 11) is 2.13. The zero-order chi connectivity index (χ0) is 13.2. The molecule has 0 aliphatic carbocycles. The molecule has 0 fully saturated rings. The Balaban J connectivity index is 0.00000147. The van der Waals surface area contributed by atoms with Crippen LogP contribution < -0.4 is 28.9 Å². The molecule has 0 N–H and O–H groups in total. The number of amidine groups is 1. The summed E-state index contributed by atoms with van der Waals surface area (Å²) < 4.78 is 2.29. The normalized spacial score (nSPS) is 14.4. The maximum absolute atomic E-state index is 5.97. The van der Waals surface area contributed by atoms with Gasteiger partial charge in [-0.05, 0) is 36.4 Å². The third kappa shape index (κ3) is 2.99. The molecule has 4 heteroatoms. The second-order valence-corrected chi connectivity index (χ2v) is 5.18. The molecule has 0 unspecified atom stereocenters. The quantitative estimate of drug-likeness (QED) is 0.519. The Hall–Kier alpha value is -1.07. The molecule has 2 aromatic carbocycles. The zero-order valence-corrected chi connectivity index (χ0v) is 14.2. The molecule has 1 aliphatic heterocycles. The van der Waals surface area contributed by atoms with Gasteiger partial charge in [-0.2, -0.15) is 0 Å². The summed E-state index contributed by atoms with van der Waals surface area (Å²) in [5.74, 6) is 1.24. The highest BCUT2D eigenvalue weighted by molar-refractivity contribution is 6.30. The third-order valence-corrected chi connectivity index (χ3v) is 3.70. The molecule has 0 spiro atoms. The molecule has 0 saturated carbocycles. The number of benzene rings is 2. The first-order valence-corrected chi connectivity index (χ1v) is 6.80. The van der Waals surface area contributed by atoms with Crippen molar-refractivity contribution in [2.45, 2.75) is 0 Å². The van der Waals surface area contributed by atoms with Gasteiger partial charge in [-0.1, -0.05) is 29.8 Å². The largest absolute Gasteiger partial charge is 1.00 e. The van der Waals surface area contributed by atoms with E-state index in [0.29, 0.717) is 0 Å². The van der Waals surface area contributed by atoms with Crippen LogP contribution in [0.5, 0.6) is 0 Å². The van der Waals surface area contributed by atoms with Crippen LogP contribution in [-0.2, 0) is 0 Å². The molecule has 1 aliphatic rings. The summed E-state index contributed by atoms with van der Waals surface area (Å²) in [4.78, 5) is 2.35. The second-order valence-electron chi connectivity index (χ2n) is 4.74. The molecule has 0 atom stereocenters. The highest BCUT2D eigenvalue weighted by atomic mass is 127. The highest BCUT2D eigenvalue weighted by Crippen LogP contribution is 2.21. The summed E-state index contributed by atoms with van der Waals surface area (Å²) in [6, 6.07) is 18.5. The molecule has 0 saturated heterocycles. The minimum atomic E-state index is 0. The lowest BCUT2D eigenvalue weighted by atomic mass is 10.2. The van der Waals surface area contributed by atoms with Gasteiger partial charge in [0.05, 0.1) is 12.6 Å². The number of likely N-dealkylation sites (N-methyl/N-ethyl adjacent to an activating group) is 1. The van der Waals surface area contributed by atoms with E-state index in [9.17, 15) is 0 Å². The van der Waals surface area contributed by atoms with Gasteiger partial charge in [-0.3, -0.25) is 4.58 Å². The third-order valence-electron chi connectivity index (χ3n) is 3.45. The Morgan fingerprint density at radius 3 is 2.30 bits per heavy atom. The molecule has 3 rings (SSSR count). The fourth-order valence-electron chi connectivity index (χ4n) is 2.50. The Bertz CT molecular complexity index is 608. The van der Waals surface area contributed by atoms with Crippen molar-refractivity contribution in [1.29, 1.82) is 0 Å². The van der Waals surface area contributed by atoms with E-state index in [4.69, 9.17) is 11.6 Å². The lowest BCUT2D eigenvalue weighted by Crippen LogP contribution is -3.00. The molecule has 104 valence electrons. The van der Waals surface area contributed by atoms with Crippen LogP contribution in [0.1, 0.15) is 5.56 Å². The van der Waals surface area contributed by atoms with Crippen molar-refractivity contribution in [1.82, 2.24) is 0 Å².